The summed E-state index contributed by atoms with van der Waals surface area (Å²) in [5.74, 6) is -1.000. The molecule has 118 valence electrons. The molecule has 5 heteroatoms. The Morgan fingerprint density at radius 1 is 1.35 bits per heavy atom. The number of pyridine rings is 1. The van der Waals surface area contributed by atoms with Gasteiger partial charge in [0.05, 0.1) is 12.5 Å². The number of carbonyl (C=O) groups excluding carboxylic acids is 2. The number of aliphatic hydroxyl groups excluding tert-OH is 1. The minimum atomic E-state index is -0.930. The number of ketones is 1. The summed E-state index contributed by atoms with van der Waals surface area (Å²) in [5.41, 5.74) is 2.40. The molecule has 1 aliphatic rings. The Hall–Kier alpha value is -2.53. The minimum Gasteiger partial charge on any atom is -0.466 e. The Balaban J connectivity index is 2.03. The second-order valence-electron chi connectivity index (χ2n) is 5.49. The number of fused-ring (bicyclic) bond motifs is 2. The van der Waals surface area contributed by atoms with Crippen molar-refractivity contribution in [1.29, 1.82) is 0 Å². The number of aliphatic hydroxyl groups is 1. The van der Waals surface area contributed by atoms with Gasteiger partial charge in [0, 0.05) is 17.3 Å². The molecule has 2 atom stereocenters. The van der Waals surface area contributed by atoms with E-state index in [1.807, 2.05) is 0 Å². The summed E-state index contributed by atoms with van der Waals surface area (Å²) < 4.78 is 5.03. The highest BCUT2D eigenvalue weighted by molar-refractivity contribution is 6.11. The molecule has 2 aromatic rings. The molecular formula is C18H17NO4. The van der Waals surface area contributed by atoms with Gasteiger partial charge in [-0.05, 0) is 31.0 Å². The molecule has 1 aromatic carbocycles. The molecule has 2 unspecified atom stereocenters. The smallest absolute Gasteiger partial charge is 0.313 e. The van der Waals surface area contributed by atoms with Crippen LogP contribution in [0.1, 0.15) is 58.6 Å². The van der Waals surface area contributed by atoms with E-state index < -0.39 is 12.0 Å². The molecule has 0 radical (unpaired) electrons. The number of aromatic nitrogens is 1. The topological polar surface area (TPSA) is 76.5 Å². The number of benzene rings is 1. The SMILES string of the molecule is CCOC(=O)C(C)c1ccc2c(c1)C(O)c1cccnc1C2=O. The van der Waals surface area contributed by atoms with E-state index in [0.717, 1.165) is 0 Å². The number of nitrogens with zero attached hydrogens (tertiary/aromatic N) is 1. The van der Waals surface area contributed by atoms with E-state index >= 15 is 0 Å². The first-order valence-corrected chi connectivity index (χ1v) is 7.52. The zero-order valence-corrected chi connectivity index (χ0v) is 12.9. The van der Waals surface area contributed by atoms with E-state index in [9.17, 15) is 14.7 Å². The van der Waals surface area contributed by atoms with Gasteiger partial charge >= 0.3 is 5.97 Å². The highest BCUT2D eigenvalue weighted by Crippen LogP contribution is 2.35. The molecule has 0 aliphatic heterocycles. The molecule has 1 aliphatic carbocycles. The van der Waals surface area contributed by atoms with Crippen LogP contribution in [0.15, 0.2) is 36.5 Å². The van der Waals surface area contributed by atoms with Crippen LogP contribution in [0.3, 0.4) is 0 Å². The fourth-order valence-electron chi connectivity index (χ4n) is 2.81. The van der Waals surface area contributed by atoms with E-state index in [4.69, 9.17) is 4.74 Å². The van der Waals surface area contributed by atoms with Crippen molar-refractivity contribution < 1.29 is 19.4 Å². The monoisotopic (exact) mass is 311 g/mol. The maximum atomic E-state index is 12.5. The van der Waals surface area contributed by atoms with E-state index in [-0.39, 0.29) is 17.4 Å². The van der Waals surface area contributed by atoms with Gasteiger partial charge < -0.3 is 9.84 Å². The molecule has 0 spiro atoms. The second-order valence-corrected chi connectivity index (χ2v) is 5.49. The number of esters is 1. The highest BCUT2D eigenvalue weighted by atomic mass is 16.5. The van der Waals surface area contributed by atoms with Crippen molar-refractivity contribution in [1.82, 2.24) is 4.98 Å². The summed E-state index contributed by atoms with van der Waals surface area (Å²) in [5, 5.41) is 10.6. The van der Waals surface area contributed by atoms with Crippen LogP contribution in [0, 0.1) is 0 Å². The summed E-state index contributed by atoms with van der Waals surface area (Å²) in [6.07, 6.45) is 0.604. The standard InChI is InChI=1S/C18H17NO4/c1-3-23-18(22)10(2)11-6-7-12-14(9-11)16(20)13-5-4-8-19-15(13)17(12)21/h4-10,16,20H,3H2,1-2H3. The first-order chi connectivity index (χ1) is 11.0. The summed E-state index contributed by atoms with van der Waals surface area (Å²) in [6.45, 7) is 3.81. The van der Waals surface area contributed by atoms with E-state index in [1.165, 1.54) is 6.20 Å². The Bertz CT molecular complexity index is 784. The van der Waals surface area contributed by atoms with Gasteiger partial charge in [0.2, 0.25) is 5.78 Å². The molecule has 1 aromatic heterocycles. The predicted octanol–water partition coefficient (Wildman–Crippen LogP) is 2.37. The maximum Gasteiger partial charge on any atom is 0.313 e. The van der Waals surface area contributed by atoms with Gasteiger partial charge in [-0.25, -0.2) is 0 Å². The minimum absolute atomic E-state index is 0.212. The van der Waals surface area contributed by atoms with Gasteiger partial charge in [-0.2, -0.15) is 0 Å². The molecule has 1 N–H and O–H groups in total. The van der Waals surface area contributed by atoms with E-state index in [2.05, 4.69) is 4.98 Å². The second kappa shape index (κ2) is 5.93. The first-order valence-electron chi connectivity index (χ1n) is 7.52. The summed E-state index contributed by atoms with van der Waals surface area (Å²) in [7, 11) is 0. The van der Waals surface area contributed by atoms with Crippen molar-refractivity contribution >= 4 is 11.8 Å². The third-order valence-corrected chi connectivity index (χ3v) is 4.10. The van der Waals surface area contributed by atoms with Gasteiger partial charge in [0.1, 0.15) is 11.8 Å². The van der Waals surface area contributed by atoms with Crippen LogP contribution < -0.4 is 0 Å². The van der Waals surface area contributed by atoms with Crippen LogP contribution in [0.4, 0.5) is 0 Å². The van der Waals surface area contributed by atoms with Crippen molar-refractivity contribution in [3.05, 3.63) is 64.5 Å². The van der Waals surface area contributed by atoms with Crippen LogP contribution in [-0.2, 0) is 9.53 Å². The Kier molecular flexibility index (Phi) is 3.96. The van der Waals surface area contributed by atoms with Crippen molar-refractivity contribution in [2.45, 2.75) is 25.9 Å². The number of hydrogen-bond donors (Lipinski definition) is 1. The normalized spacial score (nSPS) is 17.2. The van der Waals surface area contributed by atoms with E-state index in [1.54, 1.807) is 44.2 Å². The largest absolute Gasteiger partial charge is 0.466 e. The fraction of sp³-hybridized carbons (Fsp3) is 0.278. The van der Waals surface area contributed by atoms with Crippen molar-refractivity contribution in [2.24, 2.45) is 0 Å². The van der Waals surface area contributed by atoms with Gasteiger partial charge in [-0.15, -0.1) is 0 Å². The zero-order chi connectivity index (χ0) is 16.6. The fourth-order valence-corrected chi connectivity index (χ4v) is 2.81. The zero-order valence-electron chi connectivity index (χ0n) is 12.9. The molecule has 5 nitrogen and oxygen atoms in total. The molecule has 23 heavy (non-hydrogen) atoms. The number of rotatable bonds is 3. The van der Waals surface area contributed by atoms with Crippen LogP contribution in [-0.4, -0.2) is 28.4 Å². The number of hydrogen-bond acceptors (Lipinski definition) is 5. The summed E-state index contributed by atoms with van der Waals surface area (Å²) in [6, 6.07) is 8.44. The highest BCUT2D eigenvalue weighted by Gasteiger charge is 2.31. The quantitative estimate of drug-likeness (QED) is 0.881. The van der Waals surface area contributed by atoms with Crippen LogP contribution in [0.2, 0.25) is 0 Å². The number of carbonyl (C=O) groups is 2. The van der Waals surface area contributed by atoms with Gasteiger partial charge in [0.25, 0.3) is 0 Å². The van der Waals surface area contributed by atoms with Gasteiger partial charge in [-0.3, -0.25) is 14.6 Å². The van der Waals surface area contributed by atoms with Gasteiger partial charge in [0.15, 0.2) is 0 Å². The molecule has 0 bridgehead atoms. The molecule has 0 saturated carbocycles. The predicted molar refractivity (Wildman–Crippen MR) is 83.2 cm³/mol. The van der Waals surface area contributed by atoms with Crippen LogP contribution in [0.25, 0.3) is 0 Å². The molecule has 0 amide bonds. The lowest BCUT2D eigenvalue weighted by molar-refractivity contribution is -0.144. The number of ether oxygens (including phenoxy) is 1. The average molecular weight is 311 g/mol. The molecule has 0 saturated heterocycles. The van der Waals surface area contributed by atoms with Crippen molar-refractivity contribution in [2.75, 3.05) is 6.61 Å². The van der Waals surface area contributed by atoms with Crippen LogP contribution in [0.5, 0.6) is 0 Å². The lowest BCUT2D eigenvalue weighted by Gasteiger charge is -2.24. The molecule has 1 heterocycles. The van der Waals surface area contributed by atoms with Gasteiger partial charge in [-0.1, -0.05) is 24.3 Å². The Labute approximate surface area is 133 Å². The molecular weight excluding hydrogens is 294 g/mol. The summed E-state index contributed by atoms with van der Waals surface area (Å²) in [4.78, 5) is 28.5. The lowest BCUT2D eigenvalue weighted by atomic mass is 9.83. The maximum absolute atomic E-state index is 12.5. The Morgan fingerprint density at radius 2 is 2.13 bits per heavy atom. The van der Waals surface area contributed by atoms with E-state index in [0.29, 0.717) is 28.9 Å². The summed E-state index contributed by atoms with van der Waals surface area (Å²) >= 11 is 0. The average Bonchev–Trinajstić information content (AvgIpc) is 2.58. The molecule has 0 fully saturated rings. The van der Waals surface area contributed by atoms with Crippen molar-refractivity contribution in [3.63, 3.8) is 0 Å². The lowest BCUT2D eigenvalue weighted by Crippen LogP contribution is -2.21. The molecule has 3 rings (SSSR count). The van der Waals surface area contributed by atoms with Crippen LogP contribution >= 0.6 is 0 Å². The third-order valence-electron chi connectivity index (χ3n) is 4.10. The van der Waals surface area contributed by atoms with Crippen molar-refractivity contribution in [3.8, 4) is 0 Å². The first kappa shape index (κ1) is 15.4. The third kappa shape index (κ3) is 2.53. The Morgan fingerprint density at radius 3 is 2.87 bits per heavy atom.